The van der Waals surface area contributed by atoms with E-state index in [-0.39, 0.29) is 12.5 Å². The Morgan fingerprint density at radius 2 is 1.79 bits per heavy atom. The van der Waals surface area contributed by atoms with Gasteiger partial charge in [0.2, 0.25) is 0 Å². The average molecular weight is 717 g/mol. The van der Waals surface area contributed by atoms with Gasteiger partial charge in [0, 0.05) is 19.4 Å². The zero-order chi connectivity index (χ0) is 20.8. The third-order valence-electron chi connectivity index (χ3n) is 3.74. The highest BCUT2D eigenvalue weighted by Crippen LogP contribution is 2.34. The second-order valence-electron chi connectivity index (χ2n) is 6.02. The van der Waals surface area contributed by atoms with Crippen LogP contribution in [-0.4, -0.2) is 29.4 Å². The quantitative estimate of drug-likeness (QED) is 0.220. The molecule has 0 spiro atoms. The molecular formula is C19H18I3N3O3. The van der Waals surface area contributed by atoms with Crippen LogP contribution in [0, 0.1) is 16.6 Å². The van der Waals surface area contributed by atoms with E-state index in [9.17, 15) is 9.59 Å². The van der Waals surface area contributed by atoms with Gasteiger partial charge in [-0.1, -0.05) is 25.1 Å². The highest BCUT2D eigenvalue weighted by molar-refractivity contribution is 14.1. The molecule has 0 bridgehead atoms. The van der Waals surface area contributed by atoms with Crippen LogP contribution < -0.4 is 10.6 Å². The van der Waals surface area contributed by atoms with Crippen LogP contribution in [-0.2, 0) is 4.79 Å². The molecule has 9 heteroatoms. The van der Waals surface area contributed by atoms with Crippen LogP contribution in [0.15, 0.2) is 41.4 Å². The number of carbonyl (C=O) groups is 2. The number of carboxylic acid groups (broad SMARTS) is 1. The number of para-hydroxylation sites is 1. The van der Waals surface area contributed by atoms with Crippen LogP contribution in [0.3, 0.4) is 0 Å². The summed E-state index contributed by atoms with van der Waals surface area (Å²) in [6.45, 7) is 3.49. The zero-order valence-corrected chi connectivity index (χ0v) is 21.6. The fourth-order valence-electron chi connectivity index (χ4n) is 2.24. The number of amidine groups is 1. The Balaban J connectivity index is 2.31. The summed E-state index contributed by atoms with van der Waals surface area (Å²) in [5.74, 6) is -1.20. The van der Waals surface area contributed by atoms with Crippen LogP contribution in [0.5, 0.6) is 0 Å². The van der Waals surface area contributed by atoms with E-state index in [4.69, 9.17) is 5.11 Å². The Bertz CT molecular complexity index is 918. The molecule has 6 nitrogen and oxygen atoms in total. The van der Waals surface area contributed by atoms with Gasteiger partial charge >= 0.3 is 5.97 Å². The summed E-state index contributed by atoms with van der Waals surface area (Å²) >= 11 is 6.44. The average Bonchev–Trinajstić information content (AvgIpc) is 2.63. The number of benzene rings is 2. The van der Waals surface area contributed by atoms with Gasteiger partial charge in [0.25, 0.3) is 5.91 Å². The van der Waals surface area contributed by atoms with Gasteiger partial charge in [-0.25, -0.2) is 4.99 Å². The molecule has 3 N–H and O–H groups in total. The first-order chi connectivity index (χ1) is 13.2. The maximum absolute atomic E-state index is 12.7. The Morgan fingerprint density at radius 3 is 2.39 bits per heavy atom. The molecule has 0 saturated heterocycles. The van der Waals surface area contributed by atoms with Crippen molar-refractivity contribution >= 4 is 96.9 Å². The molecular weight excluding hydrogens is 699 g/mol. The van der Waals surface area contributed by atoms with Crippen molar-refractivity contribution in [3.8, 4) is 0 Å². The van der Waals surface area contributed by atoms with Crippen molar-refractivity contribution in [1.82, 2.24) is 5.32 Å². The van der Waals surface area contributed by atoms with Crippen LogP contribution in [0.4, 0.5) is 11.4 Å². The van der Waals surface area contributed by atoms with E-state index in [1.54, 1.807) is 6.92 Å². The van der Waals surface area contributed by atoms with Crippen LogP contribution in [0.1, 0.15) is 24.2 Å². The zero-order valence-electron chi connectivity index (χ0n) is 15.1. The Labute approximate surface area is 204 Å². The van der Waals surface area contributed by atoms with Gasteiger partial charge in [-0.2, -0.15) is 0 Å². The normalized spacial score (nSPS) is 12.4. The van der Waals surface area contributed by atoms with E-state index in [1.807, 2.05) is 43.3 Å². The molecule has 2 aromatic carbocycles. The van der Waals surface area contributed by atoms with Crippen molar-refractivity contribution in [3.63, 3.8) is 0 Å². The lowest BCUT2D eigenvalue weighted by molar-refractivity contribution is -0.140. The second kappa shape index (κ2) is 10.7. The number of aliphatic carboxylic acids is 1. The molecule has 1 atom stereocenters. The minimum Gasteiger partial charge on any atom is -0.481 e. The van der Waals surface area contributed by atoms with Crippen molar-refractivity contribution in [2.24, 2.45) is 10.9 Å². The van der Waals surface area contributed by atoms with Crippen molar-refractivity contribution in [2.75, 3.05) is 11.9 Å². The smallest absolute Gasteiger partial charge is 0.308 e. The summed E-state index contributed by atoms with van der Waals surface area (Å²) in [6.07, 6.45) is 0. The van der Waals surface area contributed by atoms with E-state index in [1.165, 1.54) is 0 Å². The summed E-state index contributed by atoms with van der Waals surface area (Å²) in [5.41, 5.74) is 2.14. The molecule has 0 aliphatic carbocycles. The van der Waals surface area contributed by atoms with Gasteiger partial charge in [-0.05, 0) is 92.9 Å². The number of halogens is 3. The van der Waals surface area contributed by atoms with Crippen LogP contribution in [0.2, 0.25) is 0 Å². The fourth-order valence-corrected chi connectivity index (χ4v) is 6.34. The summed E-state index contributed by atoms with van der Waals surface area (Å²) in [5, 5.41) is 14.9. The molecule has 1 unspecified atom stereocenters. The van der Waals surface area contributed by atoms with E-state index in [0.29, 0.717) is 17.1 Å². The molecule has 0 aromatic heterocycles. The number of hydrogen-bond acceptors (Lipinski definition) is 3. The fraction of sp³-hybridized carbons (Fsp3) is 0.211. The minimum absolute atomic E-state index is 0.0690. The van der Waals surface area contributed by atoms with E-state index in [2.05, 4.69) is 83.4 Å². The first-order valence-electron chi connectivity index (χ1n) is 8.26. The highest BCUT2D eigenvalue weighted by Gasteiger charge is 2.21. The SMILES string of the molecule is CC(=Nc1c(I)cc(I)c(C(=O)NCC(C)C(=O)O)c1I)Nc1ccccc1. The Kier molecular flexibility index (Phi) is 8.92. The Morgan fingerprint density at radius 1 is 1.14 bits per heavy atom. The van der Waals surface area contributed by atoms with Gasteiger partial charge in [-0.3, -0.25) is 9.59 Å². The van der Waals surface area contributed by atoms with Crippen molar-refractivity contribution in [2.45, 2.75) is 13.8 Å². The standard InChI is InChI=1S/C19H18I3N3O3/c1-10(19(27)28)9-23-18(26)15-13(20)8-14(21)17(16(15)22)25-11(2)24-12-6-4-3-5-7-12/h3-8,10H,9H2,1-2H3,(H,23,26)(H,24,25)(H,27,28). The van der Waals surface area contributed by atoms with Gasteiger partial charge in [0.05, 0.1) is 20.7 Å². The summed E-state index contributed by atoms with van der Waals surface area (Å²) < 4.78 is 2.44. The molecule has 1 amide bonds. The third-order valence-corrected chi connectivity index (χ3v) is 6.47. The summed E-state index contributed by atoms with van der Waals surface area (Å²) in [6, 6.07) is 11.6. The minimum atomic E-state index is -0.944. The van der Waals surface area contributed by atoms with E-state index >= 15 is 0 Å². The molecule has 2 rings (SSSR count). The summed E-state index contributed by atoms with van der Waals surface area (Å²) in [4.78, 5) is 28.3. The molecule has 28 heavy (non-hydrogen) atoms. The van der Waals surface area contributed by atoms with Crippen molar-refractivity contribution < 1.29 is 14.7 Å². The number of carbonyl (C=O) groups excluding carboxylic acids is 1. The number of nitrogens with one attached hydrogen (secondary N) is 2. The van der Waals surface area contributed by atoms with Crippen LogP contribution in [0.25, 0.3) is 0 Å². The van der Waals surface area contributed by atoms with Gasteiger partial charge < -0.3 is 15.7 Å². The molecule has 0 aliphatic rings. The first-order valence-corrected chi connectivity index (χ1v) is 11.5. The van der Waals surface area contributed by atoms with Crippen molar-refractivity contribution in [1.29, 1.82) is 0 Å². The molecule has 148 valence electrons. The van der Waals surface area contributed by atoms with Gasteiger partial charge in [0.1, 0.15) is 5.84 Å². The number of carboxylic acids is 1. The predicted octanol–water partition coefficient (Wildman–Crippen LogP) is 5.11. The highest BCUT2D eigenvalue weighted by atomic mass is 127. The number of rotatable bonds is 6. The lowest BCUT2D eigenvalue weighted by Crippen LogP contribution is -2.32. The monoisotopic (exact) mass is 717 g/mol. The number of amides is 1. The number of anilines is 1. The number of hydrogen-bond donors (Lipinski definition) is 3. The topological polar surface area (TPSA) is 90.8 Å². The molecule has 0 aliphatic heterocycles. The second-order valence-corrected chi connectivity index (χ2v) is 9.42. The van der Waals surface area contributed by atoms with Gasteiger partial charge in [-0.15, -0.1) is 0 Å². The number of nitrogens with zero attached hydrogens (tertiary/aromatic N) is 1. The molecule has 0 saturated carbocycles. The third kappa shape index (κ3) is 6.27. The largest absolute Gasteiger partial charge is 0.481 e. The lowest BCUT2D eigenvalue weighted by Gasteiger charge is -2.14. The molecule has 2 aromatic rings. The molecule has 0 radical (unpaired) electrons. The van der Waals surface area contributed by atoms with Crippen molar-refractivity contribution in [3.05, 3.63) is 52.7 Å². The number of aliphatic imine (C=N–C) groups is 1. The lowest BCUT2D eigenvalue weighted by atomic mass is 10.1. The summed E-state index contributed by atoms with van der Waals surface area (Å²) in [7, 11) is 0. The molecule has 0 fully saturated rings. The van der Waals surface area contributed by atoms with E-state index < -0.39 is 11.9 Å². The first kappa shape index (κ1) is 23.3. The maximum Gasteiger partial charge on any atom is 0.308 e. The predicted molar refractivity (Wildman–Crippen MR) is 137 cm³/mol. The molecule has 0 heterocycles. The van der Waals surface area contributed by atoms with Crippen LogP contribution >= 0.6 is 67.8 Å². The maximum atomic E-state index is 12.7. The van der Waals surface area contributed by atoms with E-state index in [0.717, 1.165) is 16.4 Å². The Hall–Kier alpha value is -0.960. The van der Waals surface area contributed by atoms with Gasteiger partial charge in [0.15, 0.2) is 0 Å².